The normalized spacial score (nSPS) is 21.9. The number of aliphatic carboxylic acids is 1. The van der Waals surface area contributed by atoms with Crippen molar-refractivity contribution in [2.75, 3.05) is 32.7 Å². The van der Waals surface area contributed by atoms with Crippen molar-refractivity contribution < 1.29 is 27.8 Å². The molecule has 1 aromatic heterocycles. The largest absolute Gasteiger partial charge is 0.573 e. The van der Waals surface area contributed by atoms with Crippen molar-refractivity contribution in [2.45, 2.75) is 90.6 Å². The number of nitrogens with zero attached hydrogens (tertiary/aromatic N) is 4. The second-order valence-corrected chi connectivity index (χ2v) is 13.8. The van der Waals surface area contributed by atoms with Crippen molar-refractivity contribution >= 4 is 5.97 Å². The molecule has 47 heavy (non-hydrogen) atoms. The van der Waals surface area contributed by atoms with Crippen LogP contribution in [0.3, 0.4) is 0 Å². The summed E-state index contributed by atoms with van der Waals surface area (Å²) >= 11 is 0. The quantitative estimate of drug-likeness (QED) is 0.218. The minimum atomic E-state index is -4.71. The molecule has 2 saturated heterocycles. The first kappa shape index (κ1) is 35.0. The number of carboxylic acid groups (broad SMARTS) is 1. The first-order valence-electron chi connectivity index (χ1n) is 17.0. The zero-order chi connectivity index (χ0) is 33.9. The number of piperidine rings is 1. The van der Waals surface area contributed by atoms with Crippen LogP contribution in [0.1, 0.15) is 86.9 Å². The number of carboxylic acids is 1. The molecule has 2 aliphatic heterocycles. The SMILES string of the molecule is CCC(C)[C@](C)(C(=O)O)N1C[C@H](CN2CCC(c3cc(Cc4ccc(OC(F)(F)F)cc4)nn3CC)CC2)[C@@H](c2cccc(C)c2)C1. The fourth-order valence-corrected chi connectivity index (χ4v) is 7.69. The van der Waals surface area contributed by atoms with Crippen molar-refractivity contribution in [3.8, 4) is 5.75 Å². The van der Waals surface area contributed by atoms with Gasteiger partial charge in [-0.25, -0.2) is 0 Å². The maximum atomic E-state index is 12.7. The summed E-state index contributed by atoms with van der Waals surface area (Å²) < 4.78 is 43.7. The molecule has 4 atom stereocenters. The van der Waals surface area contributed by atoms with E-state index in [9.17, 15) is 23.1 Å². The van der Waals surface area contributed by atoms with E-state index >= 15 is 0 Å². The third kappa shape index (κ3) is 8.03. The average molecular weight is 655 g/mol. The standard InChI is InChI=1S/C37H49F3N4O3/c1-6-26(4)36(5,35(45)46)43-23-30(33(24-43)29-10-8-9-25(3)19-29)22-42-17-15-28(16-18-42)34-21-31(41-44(34)7-2)20-27-11-13-32(14-12-27)47-37(38,39)40/h8-14,19,21,26,28,30,33H,6-7,15-18,20,22-24H2,1-5H3,(H,45,46)/t26?,30-,33+,36+/m0/s1. The van der Waals surface area contributed by atoms with Crippen molar-refractivity contribution in [1.82, 2.24) is 19.6 Å². The zero-order valence-electron chi connectivity index (χ0n) is 28.3. The number of alkyl halides is 3. The number of halogens is 3. The van der Waals surface area contributed by atoms with Gasteiger partial charge >= 0.3 is 12.3 Å². The minimum absolute atomic E-state index is 0.0312. The Morgan fingerprint density at radius 3 is 2.36 bits per heavy atom. The summed E-state index contributed by atoms with van der Waals surface area (Å²) in [6.07, 6.45) is -1.33. The van der Waals surface area contributed by atoms with Crippen molar-refractivity contribution in [3.05, 3.63) is 82.7 Å². The number of likely N-dealkylation sites (tertiary alicyclic amines) is 2. The molecule has 0 amide bonds. The predicted octanol–water partition coefficient (Wildman–Crippen LogP) is 7.49. The van der Waals surface area contributed by atoms with E-state index in [1.54, 1.807) is 12.1 Å². The highest BCUT2D eigenvalue weighted by molar-refractivity contribution is 5.78. The third-order valence-electron chi connectivity index (χ3n) is 10.8. The van der Waals surface area contributed by atoms with E-state index in [0.29, 0.717) is 18.3 Å². The third-order valence-corrected chi connectivity index (χ3v) is 10.8. The topological polar surface area (TPSA) is 70.8 Å². The van der Waals surface area contributed by atoms with Gasteiger partial charge in [0.25, 0.3) is 0 Å². The second-order valence-electron chi connectivity index (χ2n) is 13.8. The molecule has 0 radical (unpaired) electrons. The van der Waals surface area contributed by atoms with E-state index in [1.165, 1.54) is 29.0 Å². The van der Waals surface area contributed by atoms with Crippen LogP contribution in [0.25, 0.3) is 0 Å². The summed E-state index contributed by atoms with van der Waals surface area (Å²) in [4.78, 5) is 17.5. The summed E-state index contributed by atoms with van der Waals surface area (Å²) in [5.41, 5.74) is 4.61. The molecule has 1 unspecified atom stereocenters. The zero-order valence-corrected chi connectivity index (χ0v) is 28.3. The average Bonchev–Trinajstić information content (AvgIpc) is 3.65. The molecule has 10 heteroatoms. The lowest BCUT2D eigenvalue weighted by atomic mass is 9.83. The summed E-state index contributed by atoms with van der Waals surface area (Å²) in [5, 5.41) is 15.3. The summed E-state index contributed by atoms with van der Waals surface area (Å²) in [6.45, 7) is 15.4. The number of aryl methyl sites for hydroxylation is 2. The summed E-state index contributed by atoms with van der Waals surface area (Å²) in [5.74, 6) is 0.0443. The smallest absolute Gasteiger partial charge is 0.480 e. The predicted molar refractivity (Wildman–Crippen MR) is 177 cm³/mol. The van der Waals surface area contributed by atoms with Gasteiger partial charge in [-0.3, -0.25) is 14.4 Å². The monoisotopic (exact) mass is 654 g/mol. The molecule has 7 nitrogen and oxygen atoms in total. The lowest BCUT2D eigenvalue weighted by Gasteiger charge is -2.40. The molecule has 2 aliphatic rings. The molecular weight excluding hydrogens is 605 g/mol. The van der Waals surface area contributed by atoms with Crippen LogP contribution in [0.5, 0.6) is 5.75 Å². The van der Waals surface area contributed by atoms with E-state index in [4.69, 9.17) is 5.10 Å². The number of hydrogen-bond donors (Lipinski definition) is 1. The highest BCUT2D eigenvalue weighted by atomic mass is 19.4. The van der Waals surface area contributed by atoms with Gasteiger partial charge in [0, 0.05) is 50.1 Å². The molecule has 0 saturated carbocycles. The summed E-state index contributed by atoms with van der Waals surface area (Å²) in [7, 11) is 0. The van der Waals surface area contributed by atoms with E-state index in [2.05, 4.69) is 77.2 Å². The highest BCUT2D eigenvalue weighted by Gasteiger charge is 2.49. The van der Waals surface area contributed by atoms with Crippen molar-refractivity contribution in [3.63, 3.8) is 0 Å². The summed E-state index contributed by atoms with van der Waals surface area (Å²) in [6, 6.07) is 16.9. The van der Waals surface area contributed by atoms with Gasteiger partial charge in [-0.2, -0.15) is 5.10 Å². The van der Waals surface area contributed by atoms with Gasteiger partial charge in [0.2, 0.25) is 0 Å². The lowest BCUT2D eigenvalue weighted by molar-refractivity contribution is -0.274. The number of ether oxygens (including phenoxy) is 1. The fourth-order valence-electron chi connectivity index (χ4n) is 7.69. The molecule has 2 fully saturated rings. The molecule has 0 spiro atoms. The van der Waals surface area contributed by atoms with Crippen LogP contribution in [0.2, 0.25) is 0 Å². The van der Waals surface area contributed by atoms with E-state index in [-0.39, 0.29) is 17.6 Å². The molecule has 256 valence electrons. The fraction of sp³-hybridized carbons (Fsp3) is 0.568. The van der Waals surface area contributed by atoms with Gasteiger partial charge in [-0.05, 0) is 87.9 Å². The van der Waals surface area contributed by atoms with Crippen LogP contribution in [0, 0.1) is 18.8 Å². The molecular formula is C37H49F3N4O3. The Balaban J connectivity index is 1.25. The lowest BCUT2D eigenvalue weighted by Crippen LogP contribution is -2.56. The van der Waals surface area contributed by atoms with Gasteiger partial charge in [0.15, 0.2) is 0 Å². The molecule has 1 N–H and O–H groups in total. The Labute approximate surface area is 276 Å². The number of benzene rings is 2. The van der Waals surface area contributed by atoms with Crippen LogP contribution in [0.15, 0.2) is 54.6 Å². The maximum absolute atomic E-state index is 12.7. The molecule has 0 aliphatic carbocycles. The second kappa shape index (κ2) is 14.4. The number of carbonyl (C=O) groups is 1. The van der Waals surface area contributed by atoms with Crippen LogP contribution >= 0.6 is 0 Å². The first-order chi connectivity index (χ1) is 22.3. The van der Waals surface area contributed by atoms with Crippen LogP contribution in [-0.4, -0.2) is 75.3 Å². The van der Waals surface area contributed by atoms with Gasteiger partial charge in [0.1, 0.15) is 11.3 Å². The van der Waals surface area contributed by atoms with Crippen molar-refractivity contribution in [1.29, 1.82) is 0 Å². The Morgan fingerprint density at radius 2 is 1.77 bits per heavy atom. The van der Waals surface area contributed by atoms with Crippen molar-refractivity contribution in [2.24, 2.45) is 11.8 Å². The van der Waals surface area contributed by atoms with Gasteiger partial charge in [-0.1, -0.05) is 62.2 Å². The Kier molecular flexibility index (Phi) is 10.7. The van der Waals surface area contributed by atoms with Gasteiger partial charge in [0.05, 0.1) is 5.69 Å². The Hall–Kier alpha value is -3.37. The van der Waals surface area contributed by atoms with Crippen LogP contribution < -0.4 is 4.74 Å². The minimum Gasteiger partial charge on any atom is -0.480 e. The molecule has 3 aromatic rings. The number of rotatable bonds is 12. The van der Waals surface area contributed by atoms with E-state index in [1.807, 2.05) is 6.92 Å². The van der Waals surface area contributed by atoms with Gasteiger partial charge in [-0.15, -0.1) is 13.2 Å². The molecule has 0 bridgehead atoms. The molecule has 5 rings (SSSR count). The number of hydrogen-bond acceptors (Lipinski definition) is 5. The van der Waals surface area contributed by atoms with Crippen LogP contribution in [0.4, 0.5) is 13.2 Å². The first-order valence-corrected chi connectivity index (χ1v) is 17.0. The molecule has 3 heterocycles. The number of aromatic nitrogens is 2. The molecule has 2 aromatic carbocycles. The maximum Gasteiger partial charge on any atom is 0.573 e. The van der Waals surface area contributed by atoms with Crippen LogP contribution in [-0.2, 0) is 17.8 Å². The highest BCUT2D eigenvalue weighted by Crippen LogP contribution is 2.41. The van der Waals surface area contributed by atoms with Gasteiger partial charge < -0.3 is 14.7 Å². The Bertz CT molecular complexity index is 1500. The van der Waals surface area contributed by atoms with E-state index < -0.39 is 17.9 Å². The Morgan fingerprint density at radius 1 is 1.06 bits per heavy atom. The van der Waals surface area contributed by atoms with E-state index in [0.717, 1.165) is 69.8 Å².